The highest BCUT2D eigenvalue weighted by atomic mass is 16.1. The van der Waals surface area contributed by atoms with Crippen molar-refractivity contribution in [1.82, 2.24) is 5.32 Å². The molecule has 1 amide bonds. The minimum Gasteiger partial charge on any atom is -0.399 e. The molecule has 2 aromatic carbocycles. The molecule has 0 saturated heterocycles. The number of nitrogens with two attached hydrogens (primary N) is 1. The van der Waals surface area contributed by atoms with E-state index in [9.17, 15) is 4.79 Å². The first-order chi connectivity index (χ1) is 10.1. The van der Waals surface area contributed by atoms with E-state index in [1.54, 1.807) is 0 Å². The van der Waals surface area contributed by atoms with Gasteiger partial charge in [0.1, 0.15) is 0 Å². The standard InChI is InChI=1S/C18H22N2O/c1-13-5-3-6-15(11-13)9-10-20-18(21)14(2)16-7-4-8-17(19)12-16/h3-8,11-12,14H,9-10,19H2,1-2H3,(H,20,21). The highest BCUT2D eigenvalue weighted by molar-refractivity contribution is 5.83. The molecule has 21 heavy (non-hydrogen) atoms. The largest absolute Gasteiger partial charge is 0.399 e. The molecule has 0 fully saturated rings. The van der Waals surface area contributed by atoms with Crippen molar-refractivity contribution in [2.24, 2.45) is 0 Å². The molecule has 110 valence electrons. The van der Waals surface area contributed by atoms with Crippen LogP contribution in [0.15, 0.2) is 48.5 Å². The molecule has 1 unspecified atom stereocenters. The number of carbonyl (C=O) groups excluding carboxylic acids is 1. The average Bonchev–Trinajstić information content (AvgIpc) is 2.46. The number of amides is 1. The van der Waals surface area contributed by atoms with Crippen molar-refractivity contribution in [3.05, 3.63) is 65.2 Å². The molecule has 0 aliphatic rings. The molecule has 3 N–H and O–H groups in total. The first-order valence-corrected chi connectivity index (χ1v) is 7.25. The van der Waals surface area contributed by atoms with Crippen molar-refractivity contribution in [2.75, 3.05) is 12.3 Å². The van der Waals surface area contributed by atoms with Gasteiger partial charge in [0.25, 0.3) is 0 Å². The van der Waals surface area contributed by atoms with Crippen LogP contribution >= 0.6 is 0 Å². The maximum absolute atomic E-state index is 12.2. The molecule has 0 heterocycles. The van der Waals surface area contributed by atoms with Gasteiger partial charge in [0.2, 0.25) is 5.91 Å². The van der Waals surface area contributed by atoms with E-state index < -0.39 is 0 Å². The van der Waals surface area contributed by atoms with Crippen molar-refractivity contribution in [2.45, 2.75) is 26.2 Å². The molecule has 3 nitrogen and oxygen atoms in total. The number of hydrogen-bond donors (Lipinski definition) is 2. The Morgan fingerprint density at radius 2 is 1.95 bits per heavy atom. The number of benzene rings is 2. The van der Waals surface area contributed by atoms with Gasteiger partial charge in [0.15, 0.2) is 0 Å². The summed E-state index contributed by atoms with van der Waals surface area (Å²) in [5, 5.41) is 2.99. The Morgan fingerprint density at radius 3 is 2.67 bits per heavy atom. The molecule has 2 rings (SSSR count). The van der Waals surface area contributed by atoms with E-state index in [2.05, 4.69) is 30.4 Å². The second-order valence-electron chi connectivity index (χ2n) is 5.42. The van der Waals surface area contributed by atoms with Crippen LogP contribution in [0.1, 0.15) is 29.5 Å². The van der Waals surface area contributed by atoms with E-state index in [0.717, 1.165) is 12.0 Å². The van der Waals surface area contributed by atoms with Crippen molar-refractivity contribution in [1.29, 1.82) is 0 Å². The smallest absolute Gasteiger partial charge is 0.227 e. The lowest BCUT2D eigenvalue weighted by atomic mass is 10.00. The molecular weight excluding hydrogens is 260 g/mol. The van der Waals surface area contributed by atoms with Gasteiger partial charge < -0.3 is 11.1 Å². The van der Waals surface area contributed by atoms with Crippen molar-refractivity contribution >= 4 is 11.6 Å². The molecule has 3 heteroatoms. The lowest BCUT2D eigenvalue weighted by molar-refractivity contribution is -0.122. The van der Waals surface area contributed by atoms with Crippen molar-refractivity contribution in [3.8, 4) is 0 Å². The third-order valence-corrected chi connectivity index (χ3v) is 3.60. The molecule has 0 radical (unpaired) electrons. The van der Waals surface area contributed by atoms with Gasteiger partial charge in [-0.15, -0.1) is 0 Å². The van der Waals surface area contributed by atoms with Gasteiger partial charge >= 0.3 is 0 Å². The van der Waals surface area contributed by atoms with Crippen LogP contribution < -0.4 is 11.1 Å². The lowest BCUT2D eigenvalue weighted by Gasteiger charge is -2.13. The Balaban J connectivity index is 1.87. The zero-order valence-electron chi connectivity index (χ0n) is 12.6. The summed E-state index contributed by atoms with van der Waals surface area (Å²) in [6.07, 6.45) is 0.844. The molecule has 0 saturated carbocycles. The Labute approximate surface area is 126 Å². The minimum absolute atomic E-state index is 0.0354. The van der Waals surface area contributed by atoms with Crippen LogP contribution in [0.5, 0.6) is 0 Å². The summed E-state index contributed by atoms with van der Waals surface area (Å²) < 4.78 is 0. The van der Waals surface area contributed by atoms with Gasteiger partial charge in [-0.05, 0) is 43.5 Å². The van der Waals surface area contributed by atoms with E-state index in [-0.39, 0.29) is 11.8 Å². The summed E-state index contributed by atoms with van der Waals surface area (Å²) in [5.74, 6) is -0.153. The summed E-state index contributed by atoms with van der Waals surface area (Å²) in [4.78, 5) is 12.2. The maximum atomic E-state index is 12.2. The lowest BCUT2D eigenvalue weighted by Crippen LogP contribution is -2.29. The first kappa shape index (κ1) is 15.1. The fourth-order valence-corrected chi connectivity index (χ4v) is 2.33. The second kappa shape index (κ2) is 6.93. The molecule has 2 aromatic rings. The predicted octanol–water partition coefficient (Wildman–Crippen LogP) is 3.04. The Hall–Kier alpha value is -2.29. The van der Waals surface area contributed by atoms with E-state index >= 15 is 0 Å². The normalized spacial score (nSPS) is 11.9. The van der Waals surface area contributed by atoms with Gasteiger partial charge in [-0.25, -0.2) is 0 Å². The second-order valence-corrected chi connectivity index (χ2v) is 5.42. The zero-order valence-corrected chi connectivity index (χ0v) is 12.6. The molecule has 0 aliphatic heterocycles. The summed E-state index contributed by atoms with van der Waals surface area (Å²) in [7, 11) is 0. The van der Waals surface area contributed by atoms with E-state index in [0.29, 0.717) is 12.2 Å². The predicted molar refractivity (Wildman–Crippen MR) is 87.2 cm³/mol. The van der Waals surface area contributed by atoms with Gasteiger partial charge in [-0.2, -0.15) is 0 Å². The Morgan fingerprint density at radius 1 is 1.19 bits per heavy atom. The Kier molecular flexibility index (Phi) is 4.99. The number of anilines is 1. The molecule has 1 atom stereocenters. The fraction of sp³-hybridized carbons (Fsp3) is 0.278. The SMILES string of the molecule is Cc1cccc(CCNC(=O)C(C)c2cccc(N)c2)c1. The quantitative estimate of drug-likeness (QED) is 0.828. The van der Waals surface area contributed by atoms with Crippen LogP contribution in [-0.4, -0.2) is 12.5 Å². The van der Waals surface area contributed by atoms with E-state index in [1.165, 1.54) is 11.1 Å². The average molecular weight is 282 g/mol. The van der Waals surface area contributed by atoms with E-state index in [1.807, 2.05) is 37.3 Å². The fourth-order valence-electron chi connectivity index (χ4n) is 2.33. The molecule has 0 spiro atoms. The van der Waals surface area contributed by atoms with Crippen LogP contribution in [0.3, 0.4) is 0 Å². The molecule has 0 aliphatic carbocycles. The summed E-state index contributed by atoms with van der Waals surface area (Å²) in [6, 6.07) is 15.8. The summed E-state index contributed by atoms with van der Waals surface area (Å²) in [6.45, 7) is 4.62. The maximum Gasteiger partial charge on any atom is 0.227 e. The van der Waals surface area contributed by atoms with E-state index in [4.69, 9.17) is 5.73 Å². The first-order valence-electron chi connectivity index (χ1n) is 7.25. The number of nitrogens with one attached hydrogen (secondary N) is 1. The van der Waals surface area contributed by atoms with Gasteiger partial charge in [-0.1, -0.05) is 42.0 Å². The highest BCUT2D eigenvalue weighted by Crippen LogP contribution is 2.17. The Bertz CT molecular complexity index is 622. The number of aryl methyl sites for hydroxylation is 1. The molecule has 0 bridgehead atoms. The van der Waals surface area contributed by atoms with Crippen LogP contribution in [0.25, 0.3) is 0 Å². The van der Waals surface area contributed by atoms with Crippen molar-refractivity contribution < 1.29 is 4.79 Å². The van der Waals surface area contributed by atoms with Gasteiger partial charge in [0, 0.05) is 12.2 Å². The zero-order chi connectivity index (χ0) is 15.2. The monoisotopic (exact) mass is 282 g/mol. The summed E-state index contributed by atoms with van der Waals surface area (Å²) in [5.41, 5.74) is 9.87. The number of rotatable bonds is 5. The van der Waals surface area contributed by atoms with Crippen LogP contribution in [0.2, 0.25) is 0 Å². The summed E-state index contributed by atoms with van der Waals surface area (Å²) >= 11 is 0. The molecular formula is C18H22N2O. The number of hydrogen-bond acceptors (Lipinski definition) is 2. The van der Waals surface area contributed by atoms with Gasteiger partial charge in [0.05, 0.1) is 5.92 Å². The van der Waals surface area contributed by atoms with Crippen LogP contribution in [-0.2, 0) is 11.2 Å². The topological polar surface area (TPSA) is 55.1 Å². The van der Waals surface area contributed by atoms with Crippen LogP contribution in [0, 0.1) is 6.92 Å². The third kappa shape index (κ3) is 4.35. The van der Waals surface area contributed by atoms with Crippen LogP contribution in [0.4, 0.5) is 5.69 Å². The highest BCUT2D eigenvalue weighted by Gasteiger charge is 2.14. The third-order valence-electron chi connectivity index (χ3n) is 3.60. The van der Waals surface area contributed by atoms with Gasteiger partial charge in [-0.3, -0.25) is 4.79 Å². The number of carbonyl (C=O) groups is 1. The van der Waals surface area contributed by atoms with Crippen molar-refractivity contribution in [3.63, 3.8) is 0 Å². The number of nitrogen functional groups attached to an aromatic ring is 1. The molecule has 0 aromatic heterocycles. The minimum atomic E-state index is -0.189.